The summed E-state index contributed by atoms with van der Waals surface area (Å²) in [5, 5.41) is 0. The molecule has 1 heterocycles. The molecule has 1 aliphatic rings. The van der Waals surface area contributed by atoms with Crippen molar-refractivity contribution in [3.63, 3.8) is 0 Å². The summed E-state index contributed by atoms with van der Waals surface area (Å²) in [6.45, 7) is 2.00. The van der Waals surface area contributed by atoms with Crippen molar-refractivity contribution >= 4 is 36.1 Å². The highest BCUT2D eigenvalue weighted by Crippen LogP contribution is 2.24. The summed E-state index contributed by atoms with van der Waals surface area (Å²) in [6, 6.07) is 8.66. The second kappa shape index (κ2) is 6.92. The van der Waals surface area contributed by atoms with Gasteiger partial charge in [-0.2, -0.15) is 0 Å². The van der Waals surface area contributed by atoms with Gasteiger partial charge in [0.1, 0.15) is 6.29 Å². The summed E-state index contributed by atoms with van der Waals surface area (Å²) in [6.07, 6.45) is 5.18. The van der Waals surface area contributed by atoms with E-state index in [-0.39, 0.29) is 18.3 Å². The number of carbonyl (C=O) groups excluding carboxylic acids is 1. The fraction of sp³-hybridized carbons (Fsp3) is 0.462. The van der Waals surface area contributed by atoms with Crippen LogP contribution < -0.4 is 4.90 Å². The number of benzene rings is 1. The molecule has 1 aromatic carbocycles. The quantitative estimate of drug-likeness (QED) is 0.622. The second-order valence-electron chi connectivity index (χ2n) is 4.16. The van der Waals surface area contributed by atoms with Gasteiger partial charge in [0.05, 0.1) is 0 Å². The molecule has 1 saturated heterocycles. The van der Waals surface area contributed by atoms with Crippen molar-refractivity contribution in [2.75, 3.05) is 24.2 Å². The van der Waals surface area contributed by atoms with E-state index in [2.05, 4.69) is 35.4 Å². The molecule has 2 nitrogen and oxygen atoms in total. The SMILES string of the molecule is CSc1ccc(N2CCC(C=O)CC2)cc1.Cl. The third-order valence-corrected chi connectivity index (χ3v) is 3.91. The van der Waals surface area contributed by atoms with Crippen LogP contribution in [-0.4, -0.2) is 25.6 Å². The van der Waals surface area contributed by atoms with Crippen LogP contribution in [0.2, 0.25) is 0 Å². The Labute approximate surface area is 113 Å². The average Bonchev–Trinajstić information content (AvgIpc) is 2.39. The Morgan fingerprint density at radius 2 is 1.82 bits per heavy atom. The number of halogens is 1. The predicted molar refractivity (Wildman–Crippen MR) is 76.5 cm³/mol. The van der Waals surface area contributed by atoms with E-state index in [1.54, 1.807) is 11.8 Å². The number of carbonyl (C=O) groups is 1. The van der Waals surface area contributed by atoms with E-state index in [0.29, 0.717) is 0 Å². The molecule has 0 amide bonds. The number of nitrogens with zero attached hydrogens (tertiary/aromatic N) is 1. The molecule has 1 aromatic rings. The van der Waals surface area contributed by atoms with Gasteiger partial charge in [-0.3, -0.25) is 0 Å². The molecule has 0 aliphatic carbocycles. The molecule has 0 radical (unpaired) electrons. The van der Waals surface area contributed by atoms with E-state index < -0.39 is 0 Å². The highest BCUT2D eigenvalue weighted by Gasteiger charge is 2.18. The predicted octanol–water partition coefficient (Wildman–Crippen LogP) is 3.25. The van der Waals surface area contributed by atoms with Gasteiger partial charge in [-0.15, -0.1) is 24.2 Å². The Morgan fingerprint density at radius 3 is 2.29 bits per heavy atom. The molecule has 94 valence electrons. The van der Waals surface area contributed by atoms with Crippen molar-refractivity contribution in [2.24, 2.45) is 5.92 Å². The van der Waals surface area contributed by atoms with E-state index in [4.69, 9.17) is 0 Å². The Morgan fingerprint density at radius 1 is 1.24 bits per heavy atom. The molecule has 1 fully saturated rings. The number of hydrogen-bond acceptors (Lipinski definition) is 3. The van der Waals surface area contributed by atoms with Crippen LogP contribution in [0.4, 0.5) is 5.69 Å². The van der Waals surface area contributed by atoms with Gasteiger partial charge >= 0.3 is 0 Å². The minimum atomic E-state index is 0. The smallest absolute Gasteiger partial charge is 0.123 e. The van der Waals surface area contributed by atoms with Crippen LogP contribution >= 0.6 is 24.2 Å². The number of aldehydes is 1. The molecule has 4 heteroatoms. The fourth-order valence-electron chi connectivity index (χ4n) is 2.09. The van der Waals surface area contributed by atoms with E-state index >= 15 is 0 Å². The van der Waals surface area contributed by atoms with E-state index in [1.807, 2.05) is 0 Å². The van der Waals surface area contributed by atoms with Gasteiger partial charge in [-0.25, -0.2) is 0 Å². The van der Waals surface area contributed by atoms with Crippen LogP contribution in [0.5, 0.6) is 0 Å². The normalized spacial score (nSPS) is 16.4. The highest BCUT2D eigenvalue weighted by atomic mass is 35.5. The number of hydrogen-bond donors (Lipinski definition) is 0. The van der Waals surface area contributed by atoms with Crippen molar-refractivity contribution in [2.45, 2.75) is 17.7 Å². The lowest BCUT2D eigenvalue weighted by Crippen LogP contribution is -2.33. The Bertz CT molecular complexity index is 347. The lowest BCUT2D eigenvalue weighted by atomic mass is 9.98. The van der Waals surface area contributed by atoms with Crippen LogP contribution in [0.3, 0.4) is 0 Å². The zero-order valence-electron chi connectivity index (χ0n) is 9.96. The molecule has 0 saturated carbocycles. The van der Waals surface area contributed by atoms with Crippen molar-refractivity contribution in [1.82, 2.24) is 0 Å². The van der Waals surface area contributed by atoms with E-state index in [0.717, 1.165) is 32.2 Å². The monoisotopic (exact) mass is 271 g/mol. The first-order valence-electron chi connectivity index (χ1n) is 5.68. The Balaban J connectivity index is 0.00000144. The standard InChI is InChI=1S/C13H17NOS.ClH/c1-16-13-4-2-12(3-5-13)14-8-6-11(10-15)7-9-14;/h2-5,10-11H,6-9H2,1H3;1H. The van der Waals surface area contributed by atoms with Gasteiger partial charge in [0, 0.05) is 29.6 Å². The number of piperidine rings is 1. The van der Waals surface area contributed by atoms with Gasteiger partial charge in [0.25, 0.3) is 0 Å². The molecule has 2 rings (SSSR count). The Kier molecular flexibility index (Phi) is 5.86. The van der Waals surface area contributed by atoms with Crippen LogP contribution in [0.1, 0.15) is 12.8 Å². The van der Waals surface area contributed by atoms with Gasteiger partial charge < -0.3 is 9.69 Å². The summed E-state index contributed by atoms with van der Waals surface area (Å²) < 4.78 is 0. The van der Waals surface area contributed by atoms with Crippen molar-refractivity contribution < 1.29 is 4.79 Å². The molecular formula is C13H18ClNOS. The average molecular weight is 272 g/mol. The molecule has 1 aliphatic heterocycles. The largest absolute Gasteiger partial charge is 0.371 e. The topological polar surface area (TPSA) is 20.3 Å². The maximum absolute atomic E-state index is 10.7. The van der Waals surface area contributed by atoms with E-state index in [1.165, 1.54) is 10.6 Å². The second-order valence-corrected chi connectivity index (χ2v) is 5.04. The lowest BCUT2D eigenvalue weighted by Gasteiger charge is -2.31. The summed E-state index contributed by atoms with van der Waals surface area (Å²) in [4.78, 5) is 14.3. The van der Waals surface area contributed by atoms with Crippen LogP contribution in [0.25, 0.3) is 0 Å². The maximum atomic E-state index is 10.7. The molecular weight excluding hydrogens is 254 g/mol. The van der Waals surface area contributed by atoms with Gasteiger partial charge in [0.15, 0.2) is 0 Å². The molecule has 0 bridgehead atoms. The molecule has 0 N–H and O–H groups in total. The minimum absolute atomic E-state index is 0. The van der Waals surface area contributed by atoms with Crippen LogP contribution in [0, 0.1) is 5.92 Å². The molecule has 0 aromatic heterocycles. The zero-order chi connectivity index (χ0) is 11.4. The van der Waals surface area contributed by atoms with Gasteiger partial charge in [0.2, 0.25) is 0 Å². The maximum Gasteiger partial charge on any atom is 0.123 e. The Hall–Kier alpha value is -0.670. The number of anilines is 1. The van der Waals surface area contributed by atoms with Crippen molar-refractivity contribution in [1.29, 1.82) is 0 Å². The summed E-state index contributed by atoms with van der Waals surface area (Å²) >= 11 is 1.76. The molecule has 0 atom stereocenters. The first kappa shape index (κ1) is 14.4. The fourth-order valence-corrected chi connectivity index (χ4v) is 2.50. The van der Waals surface area contributed by atoms with E-state index in [9.17, 15) is 4.79 Å². The third-order valence-electron chi connectivity index (χ3n) is 3.17. The summed E-state index contributed by atoms with van der Waals surface area (Å²) in [5.41, 5.74) is 1.28. The zero-order valence-corrected chi connectivity index (χ0v) is 11.6. The first-order valence-corrected chi connectivity index (χ1v) is 6.90. The van der Waals surface area contributed by atoms with Gasteiger partial charge in [-0.1, -0.05) is 0 Å². The highest BCUT2D eigenvalue weighted by molar-refractivity contribution is 7.98. The molecule has 0 unspecified atom stereocenters. The minimum Gasteiger partial charge on any atom is -0.371 e. The van der Waals surface area contributed by atoms with Crippen molar-refractivity contribution in [3.05, 3.63) is 24.3 Å². The van der Waals surface area contributed by atoms with Crippen molar-refractivity contribution in [3.8, 4) is 0 Å². The number of rotatable bonds is 3. The molecule has 17 heavy (non-hydrogen) atoms. The summed E-state index contributed by atoms with van der Waals surface area (Å²) in [7, 11) is 0. The van der Waals surface area contributed by atoms with Gasteiger partial charge in [-0.05, 0) is 43.4 Å². The third kappa shape index (κ3) is 3.65. The summed E-state index contributed by atoms with van der Waals surface area (Å²) in [5.74, 6) is 0.279. The van der Waals surface area contributed by atoms with Crippen LogP contribution in [0.15, 0.2) is 29.2 Å². The number of thioether (sulfide) groups is 1. The van der Waals surface area contributed by atoms with Crippen LogP contribution in [-0.2, 0) is 4.79 Å². The lowest BCUT2D eigenvalue weighted by molar-refractivity contribution is -0.111. The molecule has 0 spiro atoms. The first-order chi connectivity index (χ1) is 7.83.